The molecule has 28 heavy (non-hydrogen) atoms. The van der Waals surface area contributed by atoms with Gasteiger partial charge in [0.15, 0.2) is 0 Å². The van der Waals surface area contributed by atoms with E-state index in [1.165, 1.54) is 7.11 Å². The van der Waals surface area contributed by atoms with Crippen molar-refractivity contribution < 1.29 is 19.4 Å². The highest BCUT2D eigenvalue weighted by atomic mass is 16.5. The molecule has 2 aromatic carbocycles. The van der Waals surface area contributed by atoms with Crippen LogP contribution in [0.4, 0.5) is 10.5 Å². The van der Waals surface area contributed by atoms with Gasteiger partial charge in [0.1, 0.15) is 0 Å². The number of esters is 1. The highest BCUT2D eigenvalue weighted by Crippen LogP contribution is 2.48. The van der Waals surface area contributed by atoms with Crippen LogP contribution in [0.1, 0.15) is 28.8 Å². The third kappa shape index (κ3) is 3.47. The van der Waals surface area contributed by atoms with Crippen molar-refractivity contribution in [3.05, 3.63) is 65.7 Å². The van der Waals surface area contributed by atoms with Gasteiger partial charge < -0.3 is 20.1 Å². The number of amides is 2. The molecule has 0 radical (unpaired) electrons. The topological polar surface area (TPSA) is 78.9 Å². The van der Waals surface area contributed by atoms with Gasteiger partial charge in [0, 0.05) is 18.8 Å². The van der Waals surface area contributed by atoms with E-state index >= 15 is 0 Å². The van der Waals surface area contributed by atoms with Crippen molar-refractivity contribution >= 4 is 17.7 Å². The Morgan fingerprint density at radius 3 is 2.21 bits per heavy atom. The van der Waals surface area contributed by atoms with E-state index in [4.69, 9.17) is 0 Å². The van der Waals surface area contributed by atoms with Gasteiger partial charge in [-0.05, 0) is 54.5 Å². The molecule has 6 heteroatoms. The zero-order chi connectivity index (χ0) is 19.7. The predicted molar refractivity (Wildman–Crippen MR) is 105 cm³/mol. The number of hydrogen-bond donors (Lipinski definition) is 2. The number of fused-ring (bicyclic) bond motifs is 1. The number of rotatable bonds is 3. The summed E-state index contributed by atoms with van der Waals surface area (Å²) < 4.78 is 4.67. The van der Waals surface area contributed by atoms with E-state index in [1.54, 1.807) is 24.3 Å². The summed E-state index contributed by atoms with van der Waals surface area (Å²) in [5.74, 6) is 0.200. The number of carbonyl (C=O) groups is 2. The van der Waals surface area contributed by atoms with Crippen molar-refractivity contribution in [3.8, 4) is 0 Å². The number of nitrogens with one attached hydrogen (secondary N) is 1. The highest BCUT2D eigenvalue weighted by Gasteiger charge is 2.49. The first-order valence-corrected chi connectivity index (χ1v) is 9.51. The molecule has 0 bridgehead atoms. The van der Waals surface area contributed by atoms with Gasteiger partial charge in [-0.15, -0.1) is 0 Å². The lowest BCUT2D eigenvalue weighted by atomic mass is 9.90. The summed E-state index contributed by atoms with van der Waals surface area (Å²) in [6.07, 6.45) is 1.36. The molecule has 0 unspecified atom stereocenters. The zero-order valence-corrected chi connectivity index (χ0v) is 15.8. The molecule has 146 valence electrons. The van der Waals surface area contributed by atoms with Gasteiger partial charge >= 0.3 is 12.0 Å². The first-order chi connectivity index (χ1) is 13.5. The fourth-order valence-electron chi connectivity index (χ4n) is 4.51. The molecule has 3 atom stereocenters. The summed E-state index contributed by atoms with van der Waals surface area (Å²) >= 11 is 0. The molecule has 2 fully saturated rings. The Kier molecular flexibility index (Phi) is 4.81. The number of carbonyl (C=O) groups excluding carboxylic acids is 2. The van der Waals surface area contributed by atoms with Gasteiger partial charge in [-0.3, -0.25) is 0 Å². The Morgan fingerprint density at radius 2 is 1.64 bits per heavy atom. The maximum absolute atomic E-state index is 12.6. The van der Waals surface area contributed by atoms with E-state index in [2.05, 4.69) is 10.1 Å². The Bertz CT molecular complexity index is 852. The Labute approximate surface area is 164 Å². The molecule has 2 N–H and O–H groups in total. The average Bonchev–Trinajstić information content (AvgIpc) is 3.24. The van der Waals surface area contributed by atoms with Gasteiger partial charge in [-0.25, -0.2) is 9.59 Å². The van der Waals surface area contributed by atoms with Gasteiger partial charge in [0.25, 0.3) is 0 Å². The van der Waals surface area contributed by atoms with Crippen LogP contribution < -0.4 is 5.32 Å². The zero-order valence-electron chi connectivity index (χ0n) is 15.8. The fraction of sp³-hybridized carbons (Fsp3) is 0.364. The van der Waals surface area contributed by atoms with Crippen LogP contribution in [-0.2, 0) is 10.3 Å². The average molecular weight is 380 g/mol. The minimum absolute atomic E-state index is 0.150. The lowest BCUT2D eigenvalue weighted by Gasteiger charge is -2.26. The van der Waals surface area contributed by atoms with Crippen LogP contribution in [0.15, 0.2) is 54.6 Å². The Morgan fingerprint density at radius 1 is 1.04 bits per heavy atom. The number of methoxy groups -OCH3 is 1. The van der Waals surface area contributed by atoms with Crippen LogP contribution in [0.5, 0.6) is 0 Å². The van der Waals surface area contributed by atoms with Gasteiger partial charge in [-0.1, -0.05) is 30.3 Å². The smallest absolute Gasteiger partial charge is 0.337 e. The fourth-order valence-corrected chi connectivity index (χ4v) is 4.51. The molecule has 1 heterocycles. The van der Waals surface area contributed by atoms with Crippen LogP contribution in [-0.4, -0.2) is 42.2 Å². The molecule has 0 aromatic heterocycles. The molecule has 2 amide bonds. The number of aliphatic hydroxyl groups is 1. The summed E-state index contributed by atoms with van der Waals surface area (Å²) in [5, 5.41) is 13.9. The summed E-state index contributed by atoms with van der Waals surface area (Å²) in [6.45, 7) is 1.29. The summed E-state index contributed by atoms with van der Waals surface area (Å²) in [7, 11) is 1.33. The van der Waals surface area contributed by atoms with Crippen molar-refractivity contribution in [2.75, 3.05) is 25.5 Å². The lowest BCUT2D eigenvalue weighted by molar-refractivity contribution is 0.0328. The molecule has 6 nitrogen and oxygen atoms in total. The minimum atomic E-state index is -0.789. The second-order valence-electron chi connectivity index (χ2n) is 7.73. The van der Waals surface area contributed by atoms with Crippen LogP contribution in [0.25, 0.3) is 0 Å². The number of ether oxygens (including phenoxy) is 1. The minimum Gasteiger partial charge on any atom is -0.465 e. The summed E-state index contributed by atoms with van der Waals surface area (Å²) in [5.41, 5.74) is 1.25. The molecular formula is C22H24N2O4. The quantitative estimate of drug-likeness (QED) is 0.802. The molecule has 2 aromatic rings. The van der Waals surface area contributed by atoms with Crippen molar-refractivity contribution in [3.63, 3.8) is 0 Å². The van der Waals surface area contributed by atoms with E-state index in [0.717, 1.165) is 5.56 Å². The largest absolute Gasteiger partial charge is 0.465 e. The second-order valence-corrected chi connectivity index (χ2v) is 7.73. The second kappa shape index (κ2) is 7.28. The van der Waals surface area contributed by atoms with Gasteiger partial charge in [-0.2, -0.15) is 0 Å². The normalized spacial score (nSPS) is 26.0. The molecule has 1 saturated carbocycles. The van der Waals surface area contributed by atoms with E-state index in [-0.39, 0.29) is 6.03 Å². The van der Waals surface area contributed by atoms with E-state index in [0.29, 0.717) is 49.0 Å². The maximum atomic E-state index is 12.6. The third-order valence-corrected chi connectivity index (χ3v) is 5.93. The maximum Gasteiger partial charge on any atom is 0.337 e. The number of benzene rings is 2. The molecule has 2 aliphatic rings. The molecule has 1 aliphatic carbocycles. The summed E-state index contributed by atoms with van der Waals surface area (Å²) in [6, 6.07) is 16.3. The van der Waals surface area contributed by atoms with Crippen molar-refractivity contribution in [2.45, 2.75) is 18.4 Å². The molecular weight excluding hydrogens is 356 g/mol. The summed E-state index contributed by atoms with van der Waals surface area (Å²) in [4.78, 5) is 25.9. The first kappa shape index (κ1) is 18.5. The Balaban J connectivity index is 1.36. The van der Waals surface area contributed by atoms with Crippen LogP contribution in [0.2, 0.25) is 0 Å². The first-order valence-electron chi connectivity index (χ1n) is 9.51. The van der Waals surface area contributed by atoms with Crippen LogP contribution in [0.3, 0.4) is 0 Å². The van der Waals surface area contributed by atoms with Gasteiger partial charge in [0.2, 0.25) is 0 Å². The van der Waals surface area contributed by atoms with E-state index in [1.807, 2.05) is 35.2 Å². The van der Waals surface area contributed by atoms with Crippen LogP contribution >= 0.6 is 0 Å². The lowest BCUT2D eigenvalue weighted by Crippen LogP contribution is -2.35. The molecule has 1 aliphatic heterocycles. The number of urea groups is 1. The SMILES string of the molecule is COC(=O)c1ccc(NC(=O)N2C[C@@H]3C[C@@](O)(c4ccccc4)C[C@@H]3C2)cc1. The standard InChI is InChI=1S/C22H24N2O4/c1-28-20(25)15-7-9-19(10-8-15)23-21(26)24-13-16-11-22(27,12-17(16)14-24)18-5-3-2-4-6-18/h2-10,16-17,27H,11-14H2,1H3,(H,23,26)/t16-,17+,22-. The van der Waals surface area contributed by atoms with Crippen molar-refractivity contribution in [2.24, 2.45) is 11.8 Å². The number of anilines is 1. The van der Waals surface area contributed by atoms with E-state index in [9.17, 15) is 14.7 Å². The predicted octanol–water partition coefficient (Wildman–Crippen LogP) is 3.23. The third-order valence-electron chi connectivity index (χ3n) is 5.93. The van der Waals surface area contributed by atoms with E-state index < -0.39 is 11.6 Å². The number of likely N-dealkylation sites (tertiary alicyclic amines) is 1. The monoisotopic (exact) mass is 380 g/mol. The molecule has 4 rings (SSSR count). The van der Waals surface area contributed by atoms with Gasteiger partial charge in [0.05, 0.1) is 18.3 Å². The number of nitrogens with zero attached hydrogens (tertiary/aromatic N) is 1. The molecule has 1 saturated heterocycles. The van der Waals surface area contributed by atoms with Crippen LogP contribution in [0, 0.1) is 11.8 Å². The van der Waals surface area contributed by atoms with Crippen molar-refractivity contribution in [1.82, 2.24) is 4.90 Å². The molecule has 0 spiro atoms. The highest BCUT2D eigenvalue weighted by molar-refractivity contribution is 5.92. The van der Waals surface area contributed by atoms with Crippen molar-refractivity contribution in [1.29, 1.82) is 0 Å². The Hall–Kier alpha value is -2.86. The number of hydrogen-bond acceptors (Lipinski definition) is 4.